The molecule has 1 N–H and O–H groups in total. The molecule has 1 aliphatic carbocycles. The van der Waals surface area contributed by atoms with Gasteiger partial charge in [0.1, 0.15) is 0 Å². The average Bonchev–Trinajstić information content (AvgIpc) is 2.45. The van der Waals surface area contributed by atoms with Gasteiger partial charge in [0, 0.05) is 30.5 Å². The van der Waals surface area contributed by atoms with Gasteiger partial charge in [-0.15, -0.1) is 0 Å². The minimum atomic E-state index is 0.644. The van der Waals surface area contributed by atoms with Crippen LogP contribution < -0.4 is 10.2 Å². The van der Waals surface area contributed by atoms with Gasteiger partial charge in [0.2, 0.25) is 0 Å². The first-order chi connectivity index (χ1) is 9.63. The number of nitrogens with one attached hydrogen (secondary N) is 1. The zero-order valence-corrected chi connectivity index (χ0v) is 13.5. The quantitative estimate of drug-likeness (QED) is 0.832. The molecule has 1 aliphatic rings. The summed E-state index contributed by atoms with van der Waals surface area (Å²) in [4.78, 5) is 2.38. The van der Waals surface area contributed by atoms with Gasteiger partial charge in [0.25, 0.3) is 0 Å². The van der Waals surface area contributed by atoms with Gasteiger partial charge in [-0.2, -0.15) is 0 Å². The Kier molecular flexibility index (Phi) is 5.33. The minimum absolute atomic E-state index is 0.644. The molecule has 0 spiro atoms. The van der Waals surface area contributed by atoms with E-state index in [0.717, 1.165) is 24.9 Å². The Balaban J connectivity index is 1.97. The molecule has 1 aromatic rings. The maximum Gasteiger partial charge on any atom is 0.0367 e. The Hall–Kier alpha value is -1.18. The summed E-state index contributed by atoms with van der Waals surface area (Å²) in [5, 5.41) is 3.73. The van der Waals surface area contributed by atoms with E-state index in [9.17, 15) is 0 Å². The van der Waals surface area contributed by atoms with Gasteiger partial charge in [0.05, 0.1) is 0 Å². The highest BCUT2D eigenvalue weighted by Gasteiger charge is 2.24. The summed E-state index contributed by atoms with van der Waals surface area (Å²) in [7, 11) is 0. The molecular weight excluding hydrogens is 244 g/mol. The lowest BCUT2D eigenvalue weighted by Gasteiger charge is -2.34. The predicted octanol–water partition coefficient (Wildman–Crippen LogP) is 4.77. The van der Waals surface area contributed by atoms with E-state index in [-0.39, 0.29) is 0 Å². The predicted molar refractivity (Wildman–Crippen MR) is 89.6 cm³/mol. The number of anilines is 2. The molecule has 0 amide bonds. The van der Waals surface area contributed by atoms with Crippen molar-refractivity contribution in [1.82, 2.24) is 0 Å². The molecule has 0 radical (unpaired) electrons. The van der Waals surface area contributed by atoms with Crippen LogP contribution in [0.2, 0.25) is 0 Å². The molecule has 0 heterocycles. The van der Waals surface area contributed by atoms with Gasteiger partial charge in [-0.1, -0.05) is 13.8 Å². The van der Waals surface area contributed by atoms with Gasteiger partial charge in [-0.25, -0.2) is 0 Å². The molecule has 0 aliphatic heterocycles. The van der Waals surface area contributed by atoms with E-state index in [0.29, 0.717) is 6.04 Å². The SMILES string of the molecule is CCN(CC)c1ccc(NC2CCC(C)CC2C)cc1. The van der Waals surface area contributed by atoms with Crippen molar-refractivity contribution in [2.45, 2.75) is 53.0 Å². The zero-order valence-electron chi connectivity index (χ0n) is 13.5. The normalized spacial score (nSPS) is 26.3. The molecular formula is C18H30N2. The number of hydrogen-bond donors (Lipinski definition) is 1. The lowest BCUT2D eigenvalue weighted by Crippen LogP contribution is -2.33. The molecule has 0 saturated heterocycles. The van der Waals surface area contributed by atoms with Crippen LogP contribution in [-0.2, 0) is 0 Å². The number of hydrogen-bond acceptors (Lipinski definition) is 2. The number of nitrogens with zero attached hydrogens (tertiary/aromatic N) is 1. The Bertz CT molecular complexity index is 394. The van der Waals surface area contributed by atoms with Crippen LogP contribution in [0, 0.1) is 11.8 Å². The standard InChI is InChI=1S/C18H30N2/c1-5-20(6-2)17-10-8-16(9-11-17)19-18-12-7-14(3)13-15(18)4/h8-11,14-15,18-19H,5-7,12-13H2,1-4H3. The van der Waals surface area contributed by atoms with Crippen molar-refractivity contribution in [2.24, 2.45) is 11.8 Å². The smallest absolute Gasteiger partial charge is 0.0367 e. The van der Waals surface area contributed by atoms with Crippen molar-refractivity contribution in [3.8, 4) is 0 Å². The minimum Gasteiger partial charge on any atom is -0.382 e. The molecule has 2 rings (SSSR count). The maximum absolute atomic E-state index is 3.73. The zero-order chi connectivity index (χ0) is 14.5. The van der Waals surface area contributed by atoms with Gasteiger partial charge in [-0.05, 0) is 69.2 Å². The summed E-state index contributed by atoms with van der Waals surface area (Å²) in [6.07, 6.45) is 4.02. The summed E-state index contributed by atoms with van der Waals surface area (Å²) >= 11 is 0. The van der Waals surface area contributed by atoms with Crippen LogP contribution in [0.25, 0.3) is 0 Å². The van der Waals surface area contributed by atoms with Crippen molar-refractivity contribution < 1.29 is 0 Å². The molecule has 3 atom stereocenters. The summed E-state index contributed by atoms with van der Waals surface area (Å²) in [5.74, 6) is 1.68. The van der Waals surface area contributed by atoms with Crippen LogP contribution in [0.1, 0.15) is 47.0 Å². The van der Waals surface area contributed by atoms with Crippen molar-refractivity contribution in [1.29, 1.82) is 0 Å². The Morgan fingerprint density at radius 2 is 1.70 bits per heavy atom. The van der Waals surface area contributed by atoms with Gasteiger partial charge in [-0.3, -0.25) is 0 Å². The monoisotopic (exact) mass is 274 g/mol. The van der Waals surface area contributed by atoms with Crippen molar-refractivity contribution in [2.75, 3.05) is 23.3 Å². The topological polar surface area (TPSA) is 15.3 Å². The van der Waals surface area contributed by atoms with Crippen LogP contribution in [0.5, 0.6) is 0 Å². The molecule has 0 aromatic heterocycles. The Morgan fingerprint density at radius 1 is 1.05 bits per heavy atom. The van der Waals surface area contributed by atoms with Gasteiger partial charge in [0.15, 0.2) is 0 Å². The molecule has 0 bridgehead atoms. The van der Waals surface area contributed by atoms with E-state index < -0.39 is 0 Å². The lowest BCUT2D eigenvalue weighted by atomic mass is 9.80. The first-order valence-electron chi connectivity index (χ1n) is 8.25. The first kappa shape index (κ1) is 15.2. The van der Waals surface area contributed by atoms with Crippen LogP contribution in [0.15, 0.2) is 24.3 Å². The highest BCUT2D eigenvalue weighted by atomic mass is 15.1. The highest BCUT2D eigenvalue weighted by Crippen LogP contribution is 2.31. The van der Waals surface area contributed by atoms with Gasteiger partial charge < -0.3 is 10.2 Å². The van der Waals surface area contributed by atoms with E-state index in [4.69, 9.17) is 0 Å². The molecule has 2 nitrogen and oxygen atoms in total. The van der Waals surface area contributed by atoms with E-state index in [2.05, 4.69) is 62.2 Å². The maximum atomic E-state index is 3.73. The number of benzene rings is 1. The lowest BCUT2D eigenvalue weighted by molar-refractivity contribution is 0.276. The highest BCUT2D eigenvalue weighted by molar-refractivity contribution is 5.55. The van der Waals surface area contributed by atoms with Crippen LogP contribution in [0.3, 0.4) is 0 Å². The molecule has 112 valence electrons. The summed E-state index contributed by atoms with van der Waals surface area (Å²) < 4.78 is 0. The summed E-state index contributed by atoms with van der Waals surface area (Å²) in [6, 6.07) is 9.60. The van der Waals surface area contributed by atoms with Crippen molar-refractivity contribution in [3.63, 3.8) is 0 Å². The third-order valence-electron chi connectivity index (χ3n) is 4.78. The Labute approximate surface area is 124 Å². The van der Waals surface area contributed by atoms with Crippen LogP contribution in [0.4, 0.5) is 11.4 Å². The fourth-order valence-corrected chi connectivity index (χ4v) is 3.45. The summed E-state index contributed by atoms with van der Waals surface area (Å²) in [5.41, 5.74) is 2.60. The van der Waals surface area contributed by atoms with Crippen molar-refractivity contribution >= 4 is 11.4 Å². The van der Waals surface area contributed by atoms with Crippen LogP contribution >= 0.6 is 0 Å². The Morgan fingerprint density at radius 3 is 2.25 bits per heavy atom. The first-order valence-corrected chi connectivity index (χ1v) is 8.25. The molecule has 2 heteroatoms. The fourth-order valence-electron chi connectivity index (χ4n) is 3.45. The molecule has 1 fully saturated rings. The second kappa shape index (κ2) is 7.01. The van der Waals surface area contributed by atoms with Crippen LogP contribution in [-0.4, -0.2) is 19.1 Å². The molecule has 3 unspecified atom stereocenters. The summed E-state index contributed by atoms with van der Waals surface area (Å²) in [6.45, 7) is 11.3. The third-order valence-corrected chi connectivity index (χ3v) is 4.78. The fraction of sp³-hybridized carbons (Fsp3) is 0.667. The van der Waals surface area contributed by atoms with E-state index in [1.165, 1.54) is 30.6 Å². The molecule has 1 saturated carbocycles. The van der Waals surface area contributed by atoms with E-state index in [1.807, 2.05) is 0 Å². The second-order valence-electron chi connectivity index (χ2n) is 6.37. The molecule has 20 heavy (non-hydrogen) atoms. The second-order valence-corrected chi connectivity index (χ2v) is 6.37. The third kappa shape index (κ3) is 3.68. The van der Waals surface area contributed by atoms with Crippen molar-refractivity contribution in [3.05, 3.63) is 24.3 Å². The van der Waals surface area contributed by atoms with E-state index >= 15 is 0 Å². The average molecular weight is 274 g/mol. The number of rotatable bonds is 5. The van der Waals surface area contributed by atoms with E-state index in [1.54, 1.807) is 0 Å². The molecule has 1 aromatic carbocycles. The largest absolute Gasteiger partial charge is 0.382 e. The van der Waals surface area contributed by atoms with Gasteiger partial charge >= 0.3 is 0 Å².